The van der Waals surface area contributed by atoms with Crippen LogP contribution < -0.4 is 0 Å². The monoisotopic (exact) mass is 251 g/mol. The average Bonchev–Trinajstić information content (AvgIpc) is 2.76. The molecule has 0 bridgehead atoms. The molecule has 2 aromatic heterocycles. The van der Waals surface area contributed by atoms with Gasteiger partial charge in [0, 0.05) is 24.2 Å². The zero-order chi connectivity index (χ0) is 13.4. The van der Waals surface area contributed by atoms with Gasteiger partial charge in [0.15, 0.2) is 0 Å². The summed E-state index contributed by atoms with van der Waals surface area (Å²) < 4.78 is 1.61. The van der Waals surface area contributed by atoms with Gasteiger partial charge in [-0.25, -0.2) is 0 Å². The Bertz CT molecular complexity index is 774. The molecule has 0 aliphatic carbocycles. The highest BCUT2D eigenvalue weighted by molar-refractivity contribution is 6.09. The van der Waals surface area contributed by atoms with Gasteiger partial charge in [0.2, 0.25) is 5.78 Å². The highest BCUT2D eigenvalue weighted by atomic mass is 16.1. The lowest BCUT2D eigenvalue weighted by Crippen LogP contribution is -2.08. The Kier molecular flexibility index (Phi) is 2.63. The molecule has 0 amide bonds. The summed E-state index contributed by atoms with van der Waals surface area (Å²) in [6.45, 7) is 1.87. The molecule has 3 rings (SSSR count). The lowest BCUT2D eigenvalue weighted by Gasteiger charge is -2.03. The van der Waals surface area contributed by atoms with Crippen molar-refractivity contribution in [2.75, 3.05) is 0 Å². The number of fused-ring (bicyclic) bond motifs is 1. The largest absolute Gasteiger partial charge is 0.287 e. The van der Waals surface area contributed by atoms with E-state index in [1.807, 2.05) is 37.3 Å². The molecule has 0 unspecified atom stereocenters. The summed E-state index contributed by atoms with van der Waals surface area (Å²) in [7, 11) is 1.78. The van der Waals surface area contributed by atoms with Crippen LogP contribution in [0.2, 0.25) is 0 Å². The van der Waals surface area contributed by atoms with E-state index in [9.17, 15) is 4.79 Å². The van der Waals surface area contributed by atoms with Gasteiger partial charge in [-0.3, -0.25) is 14.5 Å². The van der Waals surface area contributed by atoms with Gasteiger partial charge in [-0.1, -0.05) is 18.2 Å². The Hall–Kier alpha value is -2.49. The quantitative estimate of drug-likeness (QED) is 0.657. The zero-order valence-electron chi connectivity index (χ0n) is 10.8. The topological polar surface area (TPSA) is 47.8 Å². The molecular weight excluding hydrogens is 238 g/mol. The van der Waals surface area contributed by atoms with Crippen molar-refractivity contribution in [1.82, 2.24) is 14.8 Å². The predicted octanol–water partition coefficient (Wildman–Crippen LogP) is 2.51. The van der Waals surface area contributed by atoms with Gasteiger partial charge in [0.25, 0.3) is 0 Å². The fraction of sp³-hybridized carbons (Fsp3) is 0.133. The van der Waals surface area contributed by atoms with Crippen molar-refractivity contribution in [3.63, 3.8) is 0 Å². The van der Waals surface area contributed by atoms with Crippen molar-refractivity contribution in [2.24, 2.45) is 7.05 Å². The molecule has 1 aromatic carbocycles. The van der Waals surface area contributed by atoms with Crippen molar-refractivity contribution in [1.29, 1.82) is 0 Å². The summed E-state index contributed by atoms with van der Waals surface area (Å²) in [6.07, 6.45) is 1.73. The molecule has 4 nitrogen and oxygen atoms in total. The first-order valence-electron chi connectivity index (χ1n) is 6.05. The van der Waals surface area contributed by atoms with Crippen LogP contribution in [0.4, 0.5) is 0 Å². The number of carbonyl (C=O) groups is 1. The number of aryl methyl sites for hydroxylation is 2. The first-order chi connectivity index (χ1) is 9.15. The van der Waals surface area contributed by atoms with E-state index in [1.165, 1.54) is 0 Å². The summed E-state index contributed by atoms with van der Waals surface area (Å²) in [4.78, 5) is 16.7. The summed E-state index contributed by atoms with van der Waals surface area (Å²) in [5.41, 5.74) is 2.89. The molecule has 0 aliphatic heterocycles. The van der Waals surface area contributed by atoms with E-state index < -0.39 is 0 Å². The van der Waals surface area contributed by atoms with Gasteiger partial charge in [0.1, 0.15) is 5.69 Å². The van der Waals surface area contributed by atoms with Crippen molar-refractivity contribution in [2.45, 2.75) is 6.92 Å². The number of carbonyl (C=O) groups excluding carboxylic acids is 1. The molecule has 2 heterocycles. The summed E-state index contributed by atoms with van der Waals surface area (Å²) in [5, 5.41) is 5.23. The van der Waals surface area contributed by atoms with Crippen LogP contribution in [-0.2, 0) is 7.05 Å². The third-order valence-electron chi connectivity index (χ3n) is 3.10. The van der Waals surface area contributed by atoms with Gasteiger partial charge in [0.05, 0.1) is 11.2 Å². The average molecular weight is 251 g/mol. The molecule has 3 aromatic rings. The lowest BCUT2D eigenvalue weighted by molar-refractivity contribution is 0.103. The van der Waals surface area contributed by atoms with Crippen LogP contribution in [0.15, 0.2) is 42.6 Å². The van der Waals surface area contributed by atoms with E-state index in [0.29, 0.717) is 11.3 Å². The van der Waals surface area contributed by atoms with Crippen LogP contribution >= 0.6 is 0 Å². The lowest BCUT2D eigenvalue weighted by atomic mass is 10.1. The number of hydrogen-bond acceptors (Lipinski definition) is 3. The second-order valence-corrected chi connectivity index (χ2v) is 4.53. The molecule has 0 radical (unpaired) electrons. The van der Waals surface area contributed by atoms with E-state index in [2.05, 4.69) is 10.1 Å². The first-order valence-corrected chi connectivity index (χ1v) is 6.05. The molecule has 4 heteroatoms. The minimum absolute atomic E-state index is 0.0318. The Morgan fingerprint density at radius 2 is 2.05 bits per heavy atom. The number of pyridine rings is 1. The van der Waals surface area contributed by atoms with Crippen molar-refractivity contribution in [3.05, 3.63) is 59.5 Å². The van der Waals surface area contributed by atoms with Gasteiger partial charge in [-0.15, -0.1) is 0 Å². The first kappa shape index (κ1) is 11.6. The van der Waals surface area contributed by atoms with E-state index in [4.69, 9.17) is 0 Å². The third kappa shape index (κ3) is 2.01. The number of ketones is 1. The maximum Gasteiger partial charge on any atom is 0.211 e. The van der Waals surface area contributed by atoms with E-state index in [0.717, 1.165) is 16.6 Å². The molecule has 0 saturated heterocycles. The van der Waals surface area contributed by atoms with E-state index >= 15 is 0 Å². The third-order valence-corrected chi connectivity index (χ3v) is 3.10. The van der Waals surface area contributed by atoms with Gasteiger partial charge in [-0.2, -0.15) is 5.10 Å². The van der Waals surface area contributed by atoms with Crippen LogP contribution in [0, 0.1) is 6.92 Å². The normalized spacial score (nSPS) is 10.8. The second-order valence-electron chi connectivity index (χ2n) is 4.53. The summed E-state index contributed by atoms with van der Waals surface area (Å²) in [6, 6.07) is 11.2. The fourth-order valence-electron chi connectivity index (χ4n) is 2.18. The SMILES string of the molecule is Cc1cc(C(=O)c2ccc3cccnc3c2)n(C)n1. The summed E-state index contributed by atoms with van der Waals surface area (Å²) in [5.74, 6) is -0.0318. The number of hydrogen-bond donors (Lipinski definition) is 0. The van der Waals surface area contributed by atoms with Crippen molar-refractivity contribution >= 4 is 16.7 Å². The van der Waals surface area contributed by atoms with Gasteiger partial charge >= 0.3 is 0 Å². The van der Waals surface area contributed by atoms with Gasteiger partial charge in [-0.05, 0) is 25.1 Å². The Morgan fingerprint density at radius 1 is 1.21 bits per heavy atom. The number of benzene rings is 1. The summed E-state index contributed by atoms with van der Waals surface area (Å²) >= 11 is 0. The highest BCUT2D eigenvalue weighted by Crippen LogP contribution is 2.16. The zero-order valence-corrected chi connectivity index (χ0v) is 10.8. The molecule has 0 atom stereocenters. The predicted molar refractivity (Wildman–Crippen MR) is 73.1 cm³/mol. The van der Waals surface area contributed by atoms with Crippen LogP contribution in [0.5, 0.6) is 0 Å². The number of aromatic nitrogens is 3. The van der Waals surface area contributed by atoms with Crippen molar-refractivity contribution in [3.8, 4) is 0 Å². The Morgan fingerprint density at radius 3 is 2.79 bits per heavy atom. The second kappa shape index (κ2) is 4.31. The smallest absolute Gasteiger partial charge is 0.211 e. The van der Waals surface area contributed by atoms with Crippen LogP contribution in [0.3, 0.4) is 0 Å². The van der Waals surface area contributed by atoms with E-state index in [1.54, 1.807) is 24.0 Å². The minimum Gasteiger partial charge on any atom is -0.287 e. The molecule has 0 fully saturated rings. The highest BCUT2D eigenvalue weighted by Gasteiger charge is 2.14. The number of rotatable bonds is 2. The fourth-order valence-corrected chi connectivity index (χ4v) is 2.18. The molecule has 94 valence electrons. The molecule has 0 N–H and O–H groups in total. The van der Waals surface area contributed by atoms with Crippen LogP contribution in [0.25, 0.3) is 10.9 Å². The number of nitrogens with zero attached hydrogens (tertiary/aromatic N) is 3. The standard InChI is InChI=1S/C15H13N3O/c1-10-8-14(18(2)17-10)15(19)12-6-5-11-4-3-7-16-13(11)9-12/h3-9H,1-2H3. The molecule has 19 heavy (non-hydrogen) atoms. The van der Waals surface area contributed by atoms with Crippen LogP contribution in [0.1, 0.15) is 21.7 Å². The Balaban J connectivity index is 2.09. The van der Waals surface area contributed by atoms with Crippen molar-refractivity contribution < 1.29 is 4.79 Å². The molecule has 0 spiro atoms. The molecule has 0 saturated carbocycles. The Labute approximate surface area is 110 Å². The maximum atomic E-state index is 12.4. The maximum absolute atomic E-state index is 12.4. The molecular formula is C15H13N3O. The van der Waals surface area contributed by atoms with E-state index in [-0.39, 0.29) is 5.78 Å². The van der Waals surface area contributed by atoms with Crippen LogP contribution in [-0.4, -0.2) is 20.5 Å². The van der Waals surface area contributed by atoms with Gasteiger partial charge < -0.3 is 0 Å². The minimum atomic E-state index is -0.0318. The molecule has 0 aliphatic rings.